The molecule has 1 amide bonds. The molecule has 1 heterocycles. The van der Waals surface area contributed by atoms with Gasteiger partial charge in [-0.05, 0) is 12.8 Å². The van der Waals surface area contributed by atoms with Gasteiger partial charge in [-0.3, -0.25) is 14.9 Å². The molecule has 1 fully saturated rings. The molecule has 1 aliphatic carbocycles. The smallest absolute Gasteiger partial charge is 0.276 e. The van der Waals surface area contributed by atoms with Gasteiger partial charge in [0.15, 0.2) is 0 Å². The molecular weight excluding hydrogens is 238 g/mol. The fraction of sp³-hybridized carbons (Fsp3) is 0.400. The lowest BCUT2D eigenvalue weighted by molar-refractivity contribution is -0.384. The molecule has 96 valence electrons. The number of nitrogen functional groups attached to an aromatic ring is 1. The number of hydrogen-bond acceptors (Lipinski definition) is 6. The highest BCUT2D eigenvalue weighted by Crippen LogP contribution is 2.19. The molecule has 0 spiro atoms. The van der Waals surface area contributed by atoms with Crippen LogP contribution in [-0.2, 0) is 4.79 Å². The number of nitrogens with one attached hydrogen (secondary N) is 2. The molecule has 0 atom stereocenters. The second kappa shape index (κ2) is 4.86. The Morgan fingerprint density at radius 3 is 2.89 bits per heavy atom. The van der Waals surface area contributed by atoms with Crippen molar-refractivity contribution in [2.24, 2.45) is 0 Å². The van der Waals surface area contributed by atoms with Crippen LogP contribution in [0.3, 0.4) is 0 Å². The van der Waals surface area contributed by atoms with E-state index in [2.05, 4.69) is 15.6 Å². The van der Waals surface area contributed by atoms with Crippen molar-refractivity contribution < 1.29 is 9.72 Å². The maximum Gasteiger partial charge on any atom is 0.276 e. The third-order valence-electron chi connectivity index (χ3n) is 2.41. The number of nitro groups is 1. The number of aromatic nitrogens is 1. The maximum atomic E-state index is 11.4. The van der Waals surface area contributed by atoms with E-state index in [1.165, 1.54) is 6.07 Å². The summed E-state index contributed by atoms with van der Waals surface area (Å²) in [6, 6.07) is 2.68. The first-order chi connectivity index (χ1) is 8.54. The molecule has 1 aliphatic rings. The monoisotopic (exact) mass is 251 g/mol. The summed E-state index contributed by atoms with van der Waals surface area (Å²) in [5, 5.41) is 16.1. The minimum absolute atomic E-state index is 0.0180. The lowest BCUT2D eigenvalue weighted by Gasteiger charge is -2.06. The van der Waals surface area contributed by atoms with Crippen molar-refractivity contribution in [1.82, 2.24) is 10.3 Å². The molecule has 0 aromatic carbocycles. The van der Waals surface area contributed by atoms with Crippen LogP contribution in [-0.4, -0.2) is 28.4 Å². The molecule has 0 radical (unpaired) electrons. The first kappa shape index (κ1) is 12.1. The number of carbonyl (C=O) groups excluding carboxylic acids is 1. The van der Waals surface area contributed by atoms with Crippen LogP contribution in [0.15, 0.2) is 12.1 Å². The number of pyridine rings is 1. The van der Waals surface area contributed by atoms with Gasteiger partial charge in [-0.2, -0.15) is 0 Å². The Kier molecular flexibility index (Phi) is 3.26. The first-order valence-electron chi connectivity index (χ1n) is 5.50. The summed E-state index contributed by atoms with van der Waals surface area (Å²) in [5.74, 6) is 0.0892. The van der Waals surface area contributed by atoms with E-state index in [0.29, 0.717) is 0 Å². The Morgan fingerprint density at radius 1 is 1.56 bits per heavy atom. The predicted octanol–water partition coefficient (Wildman–Crippen LogP) is 0.262. The van der Waals surface area contributed by atoms with Gasteiger partial charge in [-0.25, -0.2) is 4.98 Å². The van der Waals surface area contributed by atoms with Gasteiger partial charge in [0.05, 0.1) is 23.6 Å². The second-order valence-corrected chi connectivity index (χ2v) is 4.09. The molecule has 2 rings (SSSR count). The summed E-state index contributed by atoms with van der Waals surface area (Å²) in [7, 11) is 0. The van der Waals surface area contributed by atoms with Crippen LogP contribution in [0.1, 0.15) is 12.8 Å². The average molecular weight is 251 g/mol. The van der Waals surface area contributed by atoms with Crippen LogP contribution in [0.25, 0.3) is 0 Å². The van der Waals surface area contributed by atoms with Crippen molar-refractivity contribution in [3.8, 4) is 0 Å². The molecule has 0 saturated heterocycles. The predicted molar refractivity (Wildman–Crippen MR) is 65.0 cm³/mol. The number of anilines is 2. The SMILES string of the molecule is Nc1cc([N+](=O)[O-])cc(NCC(=O)NC2CC2)n1. The van der Waals surface area contributed by atoms with Crippen molar-refractivity contribution >= 4 is 23.2 Å². The van der Waals surface area contributed by atoms with Gasteiger partial charge in [-0.1, -0.05) is 0 Å². The third-order valence-corrected chi connectivity index (χ3v) is 2.41. The van der Waals surface area contributed by atoms with E-state index in [1.807, 2.05) is 0 Å². The summed E-state index contributed by atoms with van der Waals surface area (Å²) in [4.78, 5) is 25.3. The maximum absolute atomic E-state index is 11.4. The Hall–Kier alpha value is -2.38. The summed E-state index contributed by atoms with van der Waals surface area (Å²) in [6.07, 6.45) is 2.02. The molecule has 0 unspecified atom stereocenters. The van der Waals surface area contributed by atoms with Gasteiger partial charge in [0.2, 0.25) is 5.91 Å². The van der Waals surface area contributed by atoms with E-state index in [1.54, 1.807) is 0 Å². The van der Waals surface area contributed by atoms with Crippen molar-refractivity contribution in [3.63, 3.8) is 0 Å². The van der Waals surface area contributed by atoms with Crippen LogP contribution in [0.4, 0.5) is 17.3 Å². The lowest BCUT2D eigenvalue weighted by atomic mass is 10.3. The van der Waals surface area contributed by atoms with E-state index in [0.717, 1.165) is 18.9 Å². The van der Waals surface area contributed by atoms with Gasteiger partial charge < -0.3 is 16.4 Å². The second-order valence-electron chi connectivity index (χ2n) is 4.09. The minimum Gasteiger partial charge on any atom is -0.383 e. The summed E-state index contributed by atoms with van der Waals surface area (Å²) < 4.78 is 0. The molecule has 0 bridgehead atoms. The number of nitrogens with zero attached hydrogens (tertiary/aromatic N) is 2. The normalized spacial score (nSPS) is 14.0. The van der Waals surface area contributed by atoms with Crippen molar-refractivity contribution in [2.75, 3.05) is 17.6 Å². The molecule has 18 heavy (non-hydrogen) atoms. The van der Waals surface area contributed by atoms with E-state index >= 15 is 0 Å². The molecule has 1 aromatic heterocycles. The number of amides is 1. The zero-order valence-corrected chi connectivity index (χ0v) is 9.55. The highest BCUT2D eigenvalue weighted by Gasteiger charge is 2.23. The van der Waals surface area contributed by atoms with E-state index in [9.17, 15) is 14.9 Å². The van der Waals surface area contributed by atoms with E-state index in [-0.39, 0.29) is 35.8 Å². The fourth-order valence-corrected chi connectivity index (χ4v) is 1.41. The number of carbonyl (C=O) groups is 1. The quantitative estimate of drug-likeness (QED) is 0.509. The Bertz CT molecular complexity index is 486. The van der Waals surface area contributed by atoms with Gasteiger partial charge in [0, 0.05) is 6.04 Å². The van der Waals surface area contributed by atoms with E-state index in [4.69, 9.17) is 5.73 Å². The summed E-state index contributed by atoms with van der Waals surface area (Å²) in [6.45, 7) is 0.0180. The molecule has 8 heteroatoms. The molecule has 4 N–H and O–H groups in total. The van der Waals surface area contributed by atoms with Gasteiger partial charge >= 0.3 is 0 Å². The van der Waals surface area contributed by atoms with Crippen LogP contribution >= 0.6 is 0 Å². The number of rotatable bonds is 5. The third kappa shape index (κ3) is 3.30. The average Bonchev–Trinajstić information content (AvgIpc) is 3.09. The van der Waals surface area contributed by atoms with Gasteiger partial charge in [0.1, 0.15) is 11.6 Å². The molecule has 8 nitrogen and oxygen atoms in total. The van der Waals surface area contributed by atoms with Crippen molar-refractivity contribution in [2.45, 2.75) is 18.9 Å². The highest BCUT2D eigenvalue weighted by atomic mass is 16.6. The lowest BCUT2D eigenvalue weighted by Crippen LogP contribution is -2.31. The zero-order chi connectivity index (χ0) is 13.1. The van der Waals surface area contributed by atoms with Crippen LogP contribution in [0, 0.1) is 10.1 Å². The molecular formula is C10H13N5O3. The molecule has 0 aliphatic heterocycles. The fourth-order valence-electron chi connectivity index (χ4n) is 1.41. The highest BCUT2D eigenvalue weighted by molar-refractivity contribution is 5.81. The van der Waals surface area contributed by atoms with Gasteiger partial charge in [-0.15, -0.1) is 0 Å². The van der Waals surface area contributed by atoms with Crippen LogP contribution < -0.4 is 16.4 Å². The summed E-state index contributed by atoms with van der Waals surface area (Å²) in [5.41, 5.74) is 5.28. The topological polar surface area (TPSA) is 123 Å². The van der Waals surface area contributed by atoms with Crippen LogP contribution in [0.2, 0.25) is 0 Å². The van der Waals surface area contributed by atoms with Gasteiger partial charge in [0.25, 0.3) is 5.69 Å². The Balaban J connectivity index is 1.95. The largest absolute Gasteiger partial charge is 0.383 e. The first-order valence-corrected chi connectivity index (χ1v) is 5.50. The molecule has 1 aromatic rings. The van der Waals surface area contributed by atoms with Crippen molar-refractivity contribution in [1.29, 1.82) is 0 Å². The number of nitrogens with two attached hydrogens (primary N) is 1. The Morgan fingerprint density at radius 2 is 2.28 bits per heavy atom. The molecule has 1 saturated carbocycles. The standard InChI is InChI=1S/C10H13N5O3/c11-8-3-7(15(17)18)4-9(14-8)12-5-10(16)13-6-1-2-6/h3-4,6H,1-2,5H2,(H,13,16)(H3,11,12,14). The van der Waals surface area contributed by atoms with Crippen LogP contribution in [0.5, 0.6) is 0 Å². The number of hydrogen-bond donors (Lipinski definition) is 3. The zero-order valence-electron chi connectivity index (χ0n) is 9.55. The summed E-state index contributed by atoms with van der Waals surface area (Å²) >= 11 is 0. The van der Waals surface area contributed by atoms with Crippen molar-refractivity contribution in [3.05, 3.63) is 22.2 Å². The Labute approximate surface area is 103 Å². The van der Waals surface area contributed by atoms with E-state index < -0.39 is 4.92 Å². The minimum atomic E-state index is -0.562.